The molecule has 9 rings (SSSR count). The topological polar surface area (TPSA) is 185 Å². The van der Waals surface area contributed by atoms with Crippen LogP contribution in [-0.2, 0) is 0 Å². The third-order valence-electron chi connectivity index (χ3n) is 25.1. The number of nitrogens with one attached hydrogen (secondary N) is 2. The molecular weight excluding hydrogens is 1530 g/mol. The van der Waals surface area contributed by atoms with Crippen LogP contribution in [0.2, 0.25) is 0 Å². The van der Waals surface area contributed by atoms with Gasteiger partial charge in [-0.3, -0.25) is 0 Å². The van der Waals surface area contributed by atoms with E-state index in [1.165, 1.54) is 308 Å². The maximum absolute atomic E-state index is 11.0. The first kappa shape index (κ1) is 100. The van der Waals surface area contributed by atoms with E-state index in [4.69, 9.17) is 58.3 Å². The SMILES string of the molecule is CCCCCCCCCCCCOc1cc2c(cc1OCCCCCCCCCCCC)-c1nc-2nc2[nH]c(nc3nc(nc4[nH]c(n1)c1cc(OCCCCCCCCCCCC)c(OCCCCCCCCCCCC)cc41)-c1cc(OCCCCCCCCCCCC)c(OCCCCCCCCCCCC)cc1-3)c1cc(C#CC(C)(C)O)ccc21. The Balaban J connectivity index is 1.20. The van der Waals surface area contributed by atoms with E-state index in [1.54, 1.807) is 13.8 Å². The number of aromatic amines is 2. The molecule has 0 radical (unpaired) electrons. The summed E-state index contributed by atoms with van der Waals surface area (Å²) in [5.41, 5.74) is 4.76. The van der Waals surface area contributed by atoms with Gasteiger partial charge in [-0.2, -0.15) is 0 Å². The van der Waals surface area contributed by atoms with Crippen molar-refractivity contribution >= 4 is 44.1 Å². The van der Waals surface area contributed by atoms with Gasteiger partial charge in [-0.15, -0.1) is 0 Å². The van der Waals surface area contributed by atoms with Crippen molar-refractivity contribution in [3.8, 4) is 91.9 Å². The summed E-state index contributed by atoms with van der Waals surface area (Å²) in [6.07, 6.45) is 74.1. The number of aromatic nitrogens is 8. The van der Waals surface area contributed by atoms with Crippen molar-refractivity contribution in [2.45, 2.75) is 446 Å². The minimum absolute atomic E-state index is 0.450. The van der Waals surface area contributed by atoms with Gasteiger partial charge in [-0.25, -0.2) is 29.9 Å². The summed E-state index contributed by atoms with van der Waals surface area (Å²) in [6, 6.07) is 18.7. The Morgan fingerprint density at radius 1 is 0.242 bits per heavy atom. The van der Waals surface area contributed by atoms with Crippen LogP contribution >= 0.6 is 0 Å². The van der Waals surface area contributed by atoms with Crippen LogP contribution in [0.25, 0.3) is 89.7 Å². The van der Waals surface area contributed by atoms with Crippen LogP contribution in [0.15, 0.2) is 54.6 Å². The minimum Gasteiger partial charge on any atom is -0.490 e. The molecule has 124 heavy (non-hydrogen) atoms. The molecule has 15 nitrogen and oxygen atoms in total. The zero-order chi connectivity index (χ0) is 87.1. The Labute approximate surface area is 751 Å². The smallest absolute Gasteiger partial charge is 0.164 e. The van der Waals surface area contributed by atoms with Gasteiger partial charge in [0.15, 0.2) is 57.8 Å². The monoisotopic (exact) mass is 1700 g/mol. The summed E-state index contributed by atoms with van der Waals surface area (Å²) in [4.78, 5) is 41.3. The third kappa shape index (κ3) is 36.4. The standard InChI is InChI=1S/C109H168N8O7/c1-9-15-21-27-33-39-45-51-57-63-73-119-95-80-89-90(81-96(95)120-74-64-58-52-46-40-34-28-22-16-10-2)105-113-103(89)111-101-87-70-69-86(71-72-109(7,8)118)79-88(87)102(110-101)112-104-91-82-97(121-75-65-59-53-47-41-35-29-23-17-11-3)98(122-76-66-60-54-48-42-36-30-24-18-12-4)83-92(91)106(114-104)116-108-94-85-100(124-78-68-62-56-50-44-38-32-26-20-14-6)99(84-93(94)107(115-105)117-108)123-77-67-61-55-49-43-37-31-25-19-13-5/h69-70,79-85,118H,9-68,73-78H2,1-8H3,(H2,110,111,112,113,114,115,116,117). The maximum Gasteiger partial charge on any atom is 0.164 e. The summed E-state index contributed by atoms with van der Waals surface area (Å²) >= 11 is 0. The van der Waals surface area contributed by atoms with Crippen LogP contribution < -0.4 is 28.4 Å². The second-order valence-electron chi connectivity index (χ2n) is 36.9. The van der Waals surface area contributed by atoms with Gasteiger partial charge in [0.25, 0.3) is 0 Å². The quantitative estimate of drug-likeness (QED) is 0.0242. The minimum atomic E-state index is -1.22. The van der Waals surface area contributed by atoms with Gasteiger partial charge in [0, 0.05) is 49.4 Å². The molecule has 2 aliphatic heterocycles. The van der Waals surface area contributed by atoms with Crippen molar-refractivity contribution in [2.75, 3.05) is 39.6 Å². The Hall–Kier alpha value is -7.44. The van der Waals surface area contributed by atoms with Gasteiger partial charge in [0.2, 0.25) is 0 Å². The lowest BCUT2D eigenvalue weighted by molar-refractivity contribution is 0.143. The highest BCUT2D eigenvalue weighted by Crippen LogP contribution is 2.46. The largest absolute Gasteiger partial charge is 0.490 e. The molecule has 2 aliphatic rings. The third-order valence-corrected chi connectivity index (χ3v) is 25.1. The molecule has 5 heterocycles. The van der Waals surface area contributed by atoms with Crippen LogP contribution in [0, 0.1) is 11.8 Å². The van der Waals surface area contributed by atoms with E-state index < -0.39 is 5.60 Å². The van der Waals surface area contributed by atoms with E-state index in [2.05, 4.69) is 99.7 Å². The Morgan fingerprint density at radius 3 is 0.653 bits per heavy atom. The molecule has 15 heteroatoms. The second kappa shape index (κ2) is 60.3. The average Bonchev–Trinajstić information content (AvgIpc) is 1.59. The normalized spacial score (nSPS) is 11.9. The van der Waals surface area contributed by atoms with Gasteiger partial charge in [-0.1, -0.05) is 400 Å². The van der Waals surface area contributed by atoms with E-state index in [9.17, 15) is 5.11 Å². The first-order chi connectivity index (χ1) is 61.0. The molecule has 0 saturated carbocycles. The summed E-state index contributed by atoms with van der Waals surface area (Å²) in [5, 5.41) is 14.2. The van der Waals surface area contributed by atoms with Crippen molar-refractivity contribution in [2.24, 2.45) is 0 Å². The first-order valence-corrected chi connectivity index (χ1v) is 51.6. The van der Waals surface area contributed by atoms with Gasteiger partial charge in [-0.05, 0) is 107 Å². The van der Waals surface area contributed by atoms with Crippen LogP contribution in [0.5, 0.6) is 34.5 Å². The van der Waals surface area contributed by atoms with E-state index in [0.717, 1.165) is 121 Å². The van der Waals surface area contributed by atoms with Crippen molar-refractivity contribution in [3.05, 3.63) is 60.2 Å². The zero-order valence-corrected chi connectivity index (χ0v) is 79.4. The molecular formula is C109H168N8O7. The molecule has 0 atom stereocenters. The lowest BCUT2D eigenvalue weighted by Crippen LogP contribution is -2.14. The van der Waals surface area contributed by atoms with Gasteiger partial charge in [0.05, 0.1) is 39.6 Å². The number of H-pyrrole nitrogens is 2. The summed E-state index contributed by atoms with van der Waals surface area (Å²) in [5.74, 6) is 12.2. The van der Waals surface area contributed by atoms with Crippen molar-refractivity contribution < 1.29 is 33.5 Å². The fourth-order valence-corrected chi connectivity index (χ4v) is 17.4. The molecule has 7 aromatic rings. The molecule has 686 valence electrons. The van der Waals surface area contributed by atoms with Gasteiger partial charge < -0.3 is 43.5 Å². The molecule has 0 unspecified atom stereocenters. The first-order valence-electron chi connectivity index (χ1n) is 51.6. The Bertz CT molecular complexity index is 4350. The van der Waals surface area contributed by atoms with Crippen LogP contribution in [0.1, 0.15) is 446 Å². The molecule has 3 N–H and O–H groups in total. The number of nitrogens with zero attached hydrogens (tertiary/aromatic N) is 6. The number of benzene rings is 4. The molecule has 0 spiro atoms. The highest BCUT2D eigenvalue weighted by atomic mass is 16.5. The second-order valence-corrected chi connectivity index (χ2v) is 36.9. The fraction of sp³-hybridized carbons (Fsp3) is 0.688. The average molecular weight is 1700 g/mol. The number of ether oxygens (including phenoxy) is 6. The predicted octanol–water partition coefficient (Wildman–Crippen LogP) is 32.8. The number of hydrogen-bond donors (Lipinski definition) is 3. The van der Waals surface area contributed by atoms with E-state index in [1.807, 2.05) is 18.2 Å². The van der Waals surface area contributed by atoms with E-state index >= 15 is 0 Å². The highest BCUT2D eigenvalue weighted by molar-refractivity contribution is 6.07. The highest BCUT2D eigenvalue weighted by Gasteiger charge is 2.28. The van der Waals surface area contributed by atoms with E-state index in [-0.39, 0.29) is 0 Å². The molecule has 0 saturated heterocycles. The summed E-state index contributed by atoms with van der Waals surface area (Å²) in [6.45, 7) is 20.5. The molecule has 0 fully saturated rings. The fourth-order valence-electron chi connectivity index (χ4n) is 17.4. The zero-order valence-electron chi connectivity index (χ0n) is 79.4. The van der Waals surface area contributed by atoms with Crippen LogP contribution in [0.3, 0.4) is 0 Å². The van der Waals surface area contributed by atoms with Crippen molar-refractivity contribution in [1.82, 2.24) is 39.9 Å². The van der Waals surface area contributed by atoms with Crippen molar-refractivity contribution in [3.63, 3.8) is 0 Å². The van der Waals surface area contributed by atoms with Gasteiger partial charge >= 0.3 is 0 Å². The number of fused-ring (bicyclic) bond motifs is 20. The molecule has 4 aromatic carbocycles. The predicted molar refractivity (Wildman–Crippen MR) is 523 cm³/mol. The summed E-state index contributed by atoms with van der Waals surface area (Å²) in [7, 11) is 0. The molecule has 3 aromatic heterocycles. The maximum atomic E-state index is 11.0. The lowest BCUT2D eigenvalue weighted by atomic mass is 10.1. The number of hydrogen-bond acceptors (Lipinski definition) is 13. The van der Waals surface area contributed by atoms with Gasteiger partial charge in [0.1, 0.15) is 28.2 Å². The molecule has 0 aliphatic carbocycles. The van der Waals surface area contributed by atoms with Crippen LogP contribution in [-0.4, -0.2) is 90.2 Å². The summed E-state index contributed by atoms with van der Waals surface area (Å²) < 4.78 is 41.9. The number of unbranched alkanes of at least 4 members (excludes halogenated alkanes) is 54. The Kier molecular flexibility index (Phi) is 48.8. The number of rotatable bonds is 72. The number of aliphatic hydroxyl groups is 1. The van der Waals surface area contributed by atoms with E-state index in [0.29, 0.717) is 126 Å². The van der Waals surface area contributed by atoms with Crippen molar-refractivity contribution in [1.29, 1.82) is 0 Å². The molecule has 0 amide bonds. The van der Waals surface area contributed by atoms with Crippen LogP contribution in [0.4, 0.5) is 0 Å². The lowest BCUT2D eigenvalue weighted by Gasteiger charge is -2.15. The molecule has 8 bridgehead atoms. The Morgan fingerprint density at radius 2 is 0.435 bits per heavy atom.